The summed E-state index contributed by atoms with van der Waals surface area (Å²) in [6, 6.07) is 6.61. The number of guanidine groups is 1. The molecule has 0 amide bonds. The molecule has 1 aromatic carbocycles. The van der Waals surface area contributed by atoms with Crippen molar-refractivity contribution in [3.05, 3.63) is 30.1 Å². The fraction of sp³-hybridized carbons (Fsp3) is 0.632. The lowest BCUT2D eigenvalue weighted by Crippen LogP contribution is -2.51. The molecule has 2 aliphatic rings. The Balaban J connectivity index is 0.00000243. The van der Waals surface area contributed by atoms with Gasteiger partial charge in [-0.25, -0.2) is 4.39 Å². The molecule has 3 N–H and O–H groups in total. The van der Waals surface area contributed by atoms with Gasteiger partial charge in [0.05, 0.1) is 12.6 Å². The molecule has 5 nitrogen and oxygen atoms in total. The summed E-state index contributed by atoms with van der Waals surface area (Å²) >= 11 is 0. The van der Waals surface area contributed by atoms with E-state index in [9.17, 15) is 9.50 Å². The summed E-state index contributed by atoms with van der Waals surface area (Å²) in [5, 5.41) is 10.3. The van der Waals surface area contributed by atoms with Crippen molar-refractivity contribution in [2.24, 2.45) is 16.1 Å². The average molecular weight is 476 g/mol. The standard InChI is InChI=1S/C19H29FN4O.HI/c1-19(9-3-2-4-17(19)25)14-22-18(21)24-12-10-23(11-13-24)16-7-5-15(20)6-8-16;/h5-8,17,25H,2-4,9-14H2,1H3,(H2,21,22);1H. The smallest absolute Gasteiger partial charge is 0.191 e. The van der Waals surface area contributed by atoms with E-state index in [1.54, 1.807) is 0 Å². The van der Waals surface area contributed by atoms with Crippen LogP contribution >= 0.6 is 24.0 Å². The first-order chi connectivity index (χ1) is 12.0. The fourth-order valence-electron chi connectivity index (χ4n) is 3.77. The molecule has 0 spiro atoms. The van der Waals surface area contributed by atoms with E-state index < -0.39 is 0 Å². The molecule has 1 heterocycles. The third-order valence-electron chi connectivity index (χ3n) is 5.68. The number of aliphatic hydroxyl groups excluding tert-OH is 1. The van der Waals surface area contributed by atoms with Crippen LogP contribution in [0, 0.1) is 11.2 Å². The molecule has 1 saturated carbocycles. The summed E-state index contributed by atoms with van der Waals surface area (Å²) in [5.74, 6) is 0.356. The first-order valence-corrected chi connectivity index (χ1v) is 9.21. The Morgan fingerprint density at radius 3 is 2.50 bits per heavy atom. The highest BCUT2D eigenvalue weighted by Crippen LogP contribution is 2.36. The molecule has 1 aromatic rings. The Morgan fingerprint density at radius 2 is 1.88 bits per heavy atom. The predicted octanol–water partition coefficient (Wildman–Crippen LogP) is 2.82. The summed E-state index contributed by atoms with van der Waals surface area (Å²) in [4.78, 5) is 8.92. The molecule has 1 aliphatic heterocycles. The van der Waals surface area contributed by atoms with Crippen molar-refractivity contribution in [2.45, 2.75) is 38.7 Å². The molecular weight excluding hydrogens is 446 g/mol. The monoisotopic (exact) mass is 476 g/mol. The SMILES string of the molecule is CC1(CN=C(N)N2CCN(c3ccc(F)cc3)CC2)CCCCC1O.I. The largest absolute Gasteiger partial charge is 0.392 e. The Bertz CT molecular complexity index is 604. The van der Waals surface area contributed by atoms with Gasteiger partial charge < -0.3 is 20.6 Å². The summed E-state index contributed by atoms with van der Waals surface area (Å²) < 4.78 is 13.0. The van der Waals surface area contributed by atoms with Crippen molar-refractivity contribution >= 4 is 35.6 Å². The fourth-order valence-corrected chi connectivity index (χ4v) is 3.77. The van der Waals surface area contributed by atoms with E-state index in [1.807, 2.05) is 12.1 Å². The Kier molecular flexibility index (Phi) is 7.52. The van der Waals surface area contributed by atoms with Gasteiger partial charge in [-0.1, -0.05) is 19.8 Å². The van der Waals surface area contributed by atoms with Gasteiger partial charge in [-0.3, -0.25) is 4.99 Å². The molecule has 26 heavy (non-hydrogen) atoms. The van der Waals surface area contributed by atoms with Gasteiger partial charge in [0, 0.05) is 37.3 Å². The number of rotatable bonds is 3. The van der Waals surface area contributed by atoms with Gasteiger partial charge in [0.25, 0.3) is 0 Å². The van der Waals surface area contributed by atoms with Crippen molar-refractivity contribution < 1.29 is 9.50 Å². The highest BCUT2D eigenvalue weighted by molar-refractivity contribution is 14.0. The van der Waals surface area contributed by atoms with E-state index in [-0.39, 0.29) is 41.3 Å². The third kappa shape index (κ3) is 5.00. The zero-order valence-corrected chi connectivity index (χ0v) is 17.7. The number of aliphatic imine (C=N–C) groups is 1. The average Bonchev–Trinajstić information content (AvgIpc) is 2.63. The topological polar surface area (TPSA) is 65.1 Å². The highest BCUT2D eigenvalue weighted by atomic mass is 127. The maximum absolute atomic E-state index is 13.0. The lowest BCUT2D eigenvalue weighted by molar-refractivity contribution is 0.00707. The molecule has 0 bridgehead atoms. The minimum Gasteiger partial charge on any atom is -0.392 e. The minimum absolute atomic E-state index is 0. The number of aliphatic hydroxyl groups is 1. The molecule has 2 unspecified atom stereocenters. The van der Waals surface area contributed by atoms with Gasteiger partial charge in [-0.05, 0) is 37.1 Å². The van der Waals surface area contributed by atoms with Gasteiger partial charge in [0.1, 0.15) is 5.82 Å². The molecule has 1 saturated heterocycles. The normalized spacial score (nSPS) is 27.2. The number of hydrogen-bond acceptors (Lipinski definition) is 3. The summed E-state index contributed by atoms with van der Waals surface area (Å²) in [7, 11) is 0. The number of benzene rings is 1. The molecule has 2 atom stereocenters. The van der Waals surface area contributed by atoms with Crippen LogP contribution in [0.5, 0.6) is 0 Å². The van der Waals surface area contributed by atoms with Crippen LogP contribution < -0.4 is 10.6 Å². The van der Waals surface area contributed by atoms with Crippen molar-refractivity contribution in [3.63, 3.8) is 0 Å². The first-order valence-electron chi connectivity index (χ1n) is 9.21. The van der Waals surface area contributed by atoms with Crippen molar-refractivity contribution in [3.8, 4) is 0 Å². The van der Waals surface area contributed by atoms with E-state index >= 15 is 0 Å². The number of anilines is 1. The van der Waals surface area contributed by atoms with Gasteiger partial charge >= 0.3 is 0 Å². The first kappa shape index (κ1) is 21.2. The van der Waals surface area contributed by atoms with Gasteiger partial charge in [-0.15, -0.1) is 24.0 Å². The number of piperazine rings is 1. The molecule has 146 valence electrons. The van der Waals surface area contributed by atoms with E-state index in [0.717, 1.165) is 57.5 Å². The zero-order valence-electron chi connectivity index (χ0n) is 15.4. The highest BCUT2D eigenvalue weighted by Gasteiger charge is 2.35. The lowest BCUT2D eigenvalue weighted by atomic mass is 9.73. The minimum atomic E-state index is -0.284. The third-order valence-corrected chi connectivity index (χ3v) is 5.68. The van der Waals surface area contributed by atoms with E-state index in [1.165, 1.54) is 12.1 Å². The van der Waals surface area contributed by atoms with Crippen LogP contribution in [0.15, 0.2) is 29.3 Å². The van der Waals surface area contributed by atoms with Gasteiger partial charge in [-0.2, -0.15) is 0 Å². The summed E-state index contributed by atoms with van der Waals surface area (Å²) in [5.41, 5.74) is 7.08. The predicted molar refractivity (Wildman–Crippen MR) is 115 cm³/mol. The van der Waals surface area contributed by atoms with Crippen LogP contribution in [0.2, 0.25) is 0 Å². The second-order valence-corrected chi connectivity index (χ2v) is 7.54. The van der Waals surface area contributed by atoms with Crippen LogP contribution in [-0.2, 0) is 0 Å². The van der Waals surface area contributed by atoms with E-state index in [4.69, 9.17) is 5.73 Å². The van der Waals surface area contributed by atoms with E-state index in [0.29, 0.717) is 12.5 Å². The van der Waals surface area contributed by atoms with Crippen molar-refractivity contribution in [2.75, 3.05) is 37.6 Å². The van der Waals surface area contributed by atoms with Crippen LogP contribution in [0.4, 0.5) is 10.1 Å². The van der Waals surface area contributed by atoms with Crippen LogP contribution in [0.1, 0.15) is 32.6 Å². The maximum atomic E-state index is 13.0. The molecule has 0 aromatic heterocycles. The number of hydrogen-bond donors (Lipinski definition) is 2. The van der Waals surface area contributed by atoms with Gasteiger partial charge in [0.15, 0.2) is 5.96 Å². The van der Waals surface area contributed by atoms with Crippen LogP contribution in [0.3, 0.4) is 0 Å². The summed E-state index contributed by atoms with van der Waals surface area (Å²) in [6.45, 7) is 5.96. The Morgan fingerprint density at radius 1 is 1.23 bits per heavy atom. The molecule has 1 aliphatic carbocycles. The lowest BCUT2D eigenvalue weighted by Gasteiger charge is -2.39. The van der Waals surface area contributed by atoms with Crippen molar-refractivity contribution in [1.29, 1.82) is 0 Å². The quantitative estimate of drug-likeness (QED) is 0.400. The Hall–Kier alpha value is -1.09. The number of nitrogens with two attached hydrogens (primary N) is 1. The molecule has 3 rings (SSSR count). The zero-order chi connectivity index (χ0) is 17.9. The molecular formula is C19H30FIN4O. The molecule has 0 radical (unpaired) electrons. The molecule has 2 fully saturated rings. The van der Waals surface area contributed by atoms with Crippen LogP contribution in [0.25, 0.3) is 0 Å². The second kappa shape index (κ2) is 9.21. The van der Waals surface area contributed by atoms with Crippen LogP contribution in [-0.4, -0.2) is 54.8 Å². The van der Waals surface area contributed by atoms with Crippen molar-refractivity contribution in [1.82, 2.24) is 4.90 Å². The number of halogens is 2. The Labute approximate surface area is 172 Å². The van der Waals surface area contributed by atoms with Gasteiger partial charge in [0.2, 0.25) is 0 Å². The maximum Gasteiger partial charge on any atom is 0.191 e. The van der Waals surface area contributed by atoms with E-state index in [2.05, 4.69) is 21.7 Å². The summed E-state index contributed by atoms with van der Waals surface area (Å²) in [6.07, 6.45) is 3.83. The second-order valence-electron chi connectivity index (χ2n) is 7.54. The number of nitrogens with zero attached hydrogens (tertiary/aromatic N) is 3. The molecule has 7 heteroatoms.